The summed E-state index contributed by atoms with van der Waals surface area (Å²) in [6.07, 6.45) is -1.01. The van der Waals surface area contributed by atoms with Crippen LogP contribution in [0.25, 0.3) is 0 Å². The Balaban J connectivity index is 1.98. The number of rotatable bonds is 3. The lowest BCUT2D eigenvalue weighted by molar-refractivity contribution is -0.144. The largest absolute Gasteiger partial charge is 0.469 e. The summed E-state index contributed by atoms with van der Waals surface area (Å²) < 4.78 is 28.7. The number of carbonyl (C=O) groups excluding carboxylic acids is 1. The summed E-state index contributed by atoms with van der Waals surface area (Å²) in [5.74, 6) is -0.746. The van der Waals surface area contributed by atoms with E-state index in [0.29, 0.717) is 5.56 Å². The summed E-state index contributed by atoms with van der Waals surface area (Å²) in [6, 6.07) is 6.24. The number of hydrogen-bond donors (Lipinski definition) is 0. The number of benzene rings is 1. The van der Waals surface area contributed by atoms with Gasteiger partial charge in [-0.05, 0) is 6.07 Å². The van der Waals surface area contributed by atoms with E-state index in [2.05, 4.69) is 4.74 Å². The van der Waals surface area contributed by atoms with Gasteiger partial charge >= 0.3 is 5.97 Å². The fourth-order valence-electron chi connectivity index (χ4n) is 1.65. The average molecular weight is 240 g/mol. The molecule has 2 unspecified atom stereocenters. The molecule has 17 heavy (non-hydrogen) atoms. The molecular formula is C12H13FO4. The number of halogens is 1. The highest BCUT2D eigenvalue weighted by Gasteiger charge is 2.30. The second kappa shape index (κ2) is 5.25. The first-order valence-electron chi connectivity index (χ1n) is 5.29. The predicted octanol–water partition coefficient (Wildman–Crippen LogP) is 1.80. The van der Waals surface area contributed by atoms with Crippen LogP contribution in [-0.4, -0.2) is 25.8 Å². The average Bonchev–Trinajstić information content (AvgIpc) is 2.78. The zero-order valence-corrected chi connectivity index (χ0v) is 9.39. The normalized spacial score (nSPS) is 23.6. The van der Waals surface area contributed by atoms with E-state index in [9.17, 15) is 9.18 Å². The van der Waals surface area contributed by atoms with Crippen LogP contribution in [0.15, 0.2) is 24.3 Å². The highest BCUT2D eigenvalue weighted by molar-refractivity contribution is 5.69. The molecule has 0 aliphatic carbocycles. The third-order valence-electron chi connectivity index (χ3n) is 2.53. The van der Waals surface area contributed by atoms with Crippen LogP contribution in [0.2, 0.25) is 0 Å². The van der Waals surface area contributed by atoms with Crippen LogP contribution in [0.1, 0.15) is 18.3 Å². The highest BCUT2D eigenvalue weighted by Crippen LogP contribution is 2.29. The van der Waals surface area contributed by atoms with Gasteiger partial charge in [0.25, 0.3) is 0 Å². The van der Waals surface area contributed by atoms with Crippen molar-refractivity contribution in [2.75, 3.05) is 13.7 Å². The Hall–Kier alpha value is -1.46. The Labute approximate surface area is 98.3 Å². The molecule has 1 aromatic carbocycles. The lowest BCUT2D eigenvalue weighted by Gasteiger charge is -2.11. The molecule has 2 rings (SSSR count). The van der Waals surface area contributed by atoms with Crippen molar-refractivity contribution < 1.29 is 23.4 Å². The molecule has 1 saturated heterocycles. The molecular weight excluding hydrogens is 227 g/mol. The summed E-state index contributed by atoms with van der Waals surface area (Å²) in [4.78, 5) is 11.0. The summed E-state index contributed by atoms with van der Waals surface area (Å²) >= 11 is 0. The molecule has 0 bridgehead atoms. The number of methoxy groups -OCH3 is 1. The first-order valence-corrected chi connectivity index (χ1v) is 5.29. The summed E-state index contributed by atoms with van der Waals surface area (Å²) in [5.41, 5.74) is 0.347. The maximum atomic E-state index is 13.4. The van der Waals surface area contributed by atoms with E-state index in [1.165, 1.54) is 13.2 Å². The van der Waals surface area contributed by atoms with Crippen LogP contribution in [0.4, 0.5) is 4.39 Å². The van der Waals surface area contributed by atoms with E-state index in [-0.39, 0.29) is 30.9 Å². The minimum absolute atomic E-state index is 0.113. The Kier molecular flexibility index (Phi) is 3.71. The van der Waals surface area contributed by atoms with Crippen molar-refractivity contribution in [2.45, 2.75) is 18.8 Å². The molecule has 0 spiro atoms. The van der Waals surface area contributed by atoms with Crippen molar-refractivity contribution >= 4 is 5.97 Å². The van der Waals surface area contributed by atoms with Gasteiger partial charge in [0.2, 0.25) is 0 Å². The molecule has 0 amide bonds. The van der Waals surface area contributed by atoms with Crippen LogP contribution in [0, 0.1) is 5.82 Å². The van der Waals surface area contributed by atoms with Crippen molar-refractivity contribution in [3.05, 3.63) is 35.6 Å². The molecule has 0 radical (unpaired) electrons. The van der Waals surface area contributed by atoms with Crippen LogP contribution < -0.4 is 0 Å². The Bertz CT molecular complexity index is 407. The van der Waals surface area contributed by atoms with Gasteiger partial charge in [0.15, 0.2) is 6.29 Å². The van der Waals surface area contributed by atoms with E-state index in [1.807, 2.05) is 0 Å². The first-order chi connectivity index (χ1) is 8.20. The standard InChI is InChI=1S/C12H13FO4/c1-15-11(14)6-8-7-16-12(17-8)9-4-2-3-5-10(9)13/h2-5,8,12H,6-7H2,1H3. The van der Waals surface area contributed by atoms with Gasteiger partial charge in [-0.25, -0.2) is 4.39 Å². The predicted molar refractivity (Wildman–Crippen MR) is 56.6 cm³/mol. The number of hydrogen-bond acceptors (Lipinski definition) is 4. The topological polar surface area (TPSA) is 44.8 Å². The Morgan fingerprint density at radius 3 is 3.00 bits per heavy atom. The molecule has 1 aromatic rings. The van der Waals surface area contributed by atoms with E-state index < -0.39 is 6.29 Å². The van der Waals surface area contributed by atoms with Crippen LogP contribution in [-0.2, 0) is 19.0 Å². The second-order valence-electron chi connectivity index (χ2n) is 3.73. The first kappa shape index (κ1) is 12.0. The smallest absolute Gasteiger partial charge is 0.308 e. The highest BCUT2D eigenvalue weighted by atomic mass is 19.1. The van der Waals surface area contributed by atoms with Gasteiger partial charge in [-0.2, -0.15) is 0 Å². The molecule has 1 fully saturated rings. The van der Waals surface area contributed by atoms with E-state index >= 15 is 0 Å². The third kappa shape index (κ3) is 2.81. The lowest BCUT2D eigenvalue weighted by atomic mass is 10.2. The zero-order valence-electron chi connectivity index (χ0n) is 9.39. The van der Waals surface area contributed by atoms with E-state index in [4.69, 9.17) is 9.47 Å². The van der Waals surface area contributed by atoms with Crippen LogP contribution >= 0.6 is 0 Å². The van der Waals surface area contributed by atoms with E-state index in [0.717, 1.165) is 0 Å². The molecule has 2 atom stereocenters. The zero-order chi connectivity index (χ0) is 12.3. The summed E-state index contributed by atoms with van der Waals surface area (Å²) in [7, 11) is 1.31. The maximum Gasteiger partial charge on any atom is 0.308 e. The molecule has 5 heteroatoms. The van der Waals surface area contributed by atoms with Gasteiger partial charge in [0.05, 0.1) is 26.2 Å². The summed E-state index contributed by atoms with van der Waals surface area (Å²) in [6.45, 7) is 0.258. The quantitative estimate of drug-likeness (QED) is 0.756. The van der Waals surface area contributed by atoms with Crippen molar-refractivity contribution in [3.8, 4) is 0 Å². The van der Waals surface area contributed by atoms with Crippen LogP contribution in [0.3, 0.4) is 0 Å². The maximum absolute atomic E-state index is 13.4. The summed E-state index contributed by atoms with van der Waals surface area (Å²) in [5, 5.41) is 0. The number of esters is 1. The molecule has 1 aliphatic rings. The Morgan fingerprint density at radius 1 is 1.53 bits per heavy atom. The third-order valence-corrected chi connectivity index (χ3v) is 2.53. The Morgan fingerprint density at radius 2 is 2.29 bits per heavy atom. The van der Waals surface area contributed by atoms with Gasteiger partial charge < -0.3 is 14.2 Å². The minimum atomic E-state index is -0.745. The number of carbonyl (C=O) groups is 1. The van der Waals surface area contributed by atoms with Crippen molar-refractivity contribution in [1.29, 1.82) is 0 Å². The molecule has 92 valence electrons. The molecule has 1 aliphatic heterocycles. The van der Waals surface area contributed by atoms with Gasteiger partial charge in [0, 0.05) is 5.56 Å². The van der Waals surface area contributed by atoms with Gasteiger partial charge in [-0.1, -0.05) is 18.2 Å². The van der Waals surface area contributed by atoms with E-state index in [1.54, 1.807) is 18.2 Å². The SMILES string of the molecule is COC(=O)CC1COC(c2ccccc2F)O1. The van der Waals surface area contributed by atoms with Crippen molar-refractivity contribution in [2.24, 2.45) is 0 Å². The molecule has 1 heterocycles. The lowest BCUT2D eigenvalue weighted by Crippen LogP contribution is -2.16. The fraction of sp³-hybridized carbons (Fsp3) is 0.417. The van der Waals surface area contributed by atoms with Gasteiger partial charge in [0.1, 0.15) is 5.82 Å². The van der Waals surface area contributed by atoms with Gasteiger partial charge in [-0.15, -0.1) is 0 Å². The molecule has 0 aromatic heterocycles. The monoisotopic (exact) mass is 240 g/mol. The van der Waals surface area contributed by atoms with Crippen LogP contribution in [0.5, 0.6) is 0 Å². The molecule has 0 saturated carbocycles. The molecule has 4 nitrogen and oxygen atoms in total. The van der Waals surface area contributed by atoms with Gasteiger partial charge in [-0.3, -0.25) is 4.79 Å². The molecule has 0 N–H and O–H groups in total. The van der Waals surface area contributed by atoms with Crippen molar-refractivity contribution in [3.63, 3.8) is 0 Å². The second-order valence-corrected chi connectivity index (χ2v) is 3.73. The minimum Gasteiger partial charge on any atom is -0.469 e. The van der Waals surface area contributed by atoms with Crippen molar-refractivity contribution in [1.82, 2.24) is 0 Å². The fourth-order valence-corrected chi connectivity index (χ4v) is 1.65. The number of ether oxygens (including phenoxy) is 3.